The fourth-order valence-corrected chi connectivity index (χ4v) is 3.04. The van der Waals surface area contributed by atoms with Crippen molar-refractivity contribution >= 4 is 17.9 Å². The SMILES string of the molecule is CCOC(=O)[C@H](Cc1ccccc1)N[C@H]1N(C)C(=O)N(C)C(=O)[C@]1(C)O. The Hall–Kier alpha value is -2.45. The second-order valence-electron chi connectivity index (χ2n) is 6.47. The maximum atomic E-state index is 12.4. The molecule has 0 unspecified atom stereocenters. The van der Waals surface area contributed by atoms with E-state index in [2.05, 4.69) is 5.32 Å². The van der Waals surface area contributed by atoms with Gasteiger partial charge in [0.25, 0.3) is 5.91 Å². The Balaban J connectivity index is 2.29. The number of carbonyl (C=O) groups excluding carboxylic acids is 3. The number of esters is 1. The highest BCUT2D eigenvalue weighted by molar-refractivity contribution is 6.01. The van der Waals surface area contributed by atoms with Gasteiger partial charge < -0.3 is 14.7 Å². The van der Waals surface area contributed by atoms with Gasteiger partial charge in [-0.3, -0.25) is 19.8 Å². The maximum Gasteiger partial charge on any atom is 0.327 e. The van der Waals surface area contributed by atoms with Crippen molar-refractivity contribution in [1.82, 2.24) is 15.1 Å². The van der Waals surface area contributed by atoms with Crippen molar-refractivity contribution in [3.8, 4) is 0 Å². The van der Waals surface area contributed by atoms with Gasteiger partial charge in [-0.25, -0.2) is 4.79 Å². The molecule has 3 atom stereocenters. The van der Waals surface area contributed by atoms with E-state index in [1.54, 1.807) is 6.92 Å². The van der Waals surface area contributed by atoms with Crippen LogP contribution in [0.4, 0.5) is 4.79 Å². The molecule has 8 heteroatoms. The number of imide groups is 1. The molecule has 1 saturated heterocycles. The number of rotatable bonds is 6. The highest BCUT2D eigenvalue weighted by atomic mass is 16.5. The summed E-state index contributed by atoms with van der Waals surface area (Å²) in [7, 11) is 2.76. The summed E-state index contributed by atoms with van der Waals surface area (Å²) in [6.07, 6.45) is -0.782. The average molecular weight is 363 g/mol. The first-order chi connectivity index (χ1) is 12.2. The van der Waals surface area contributed by atoms with Gasteiger partial charge in [0.2, 0.25) is 0 Å². The Morgan fingerprint density at radius 3 is 2.50 bits per heavy atom. The summed E-state index contributed by atoms with van der Waals surface area (Å²) < 4.78 is 5.11. The van der Waals surface area contributed by atoms with E-state index in [0.29, 0.717) is 0 Å². The number of ether oxygens (including phenoxy) is 1. The van der Waals surface area contributed by atoms with Crippen molar-refractivity contribution in [1.29, 1.82) is 0 Å². The van der Waals surface area contributed by atoms with Gasteiger partial charge in [0.15, 0.2) is 5.60 Å². The van der Waals surface area contributed by atoms with Crippen molar-refractivity contribution in [2.45, 2.75) is 38.1 Å². The van der Waals surface area contributed by atoms with E-state index in [0.717, 1.165) is 10.5 Å². The lowest BCUT2D eigenvalue weighted by Gasteiger charge is -2.46. The van der Waals surface area contributed by atoms with Gasteiger partial charge in [-0.2, -0.15) is 0 Å². The highest BCUT2D eigenvalue weighted by Crippen LogP contribution is 2.24. The molecule has 0 radical (unpaired) electrons. The molecule has 1 aliphatic heterocycles. The number of benzene rings is 1. The van der Waals surface area contributed by atoms with E-state index >= 15 is 0 Å². The molecule has 0 aliphatic carbocycles. The summed E-state index contributed by atoms with van der Waals surface area (Å²) >= 11 is 0. The zero-order valence-electron chi connectivity index (χ0n) is 15.4. The lowest BCUT2D eigenvalue weighted by Crippen LogP contribution is -2.73. The number of nitrogens with zero attached hydrogens (tertiary/aromatic N) is 2. The molecule has 0 saturated carbocycles. The Bertz CT molecular complexity index is 677. The highest BCUT2D eigenvalue weighted by Gasteiger charge is 2.52. The summed E-state index contributed by atoms with van der Waals surface area (Å²) in [5.74, 6) is -1.25. The molecule has 2 rings (SSSR count). The number of hydrogen-bond acceptors (Lipinski definition) is 6. The molecule has 0 bridgehead atoms. The van der Waals surface area contributed by atoms with E-state index in [1.807, 2.05) is 30.3 Å². The van der Waals surface area contributed by atoms with Crippen LogP contribution in [0.1, 0.15) is 19.4 Å². The molecule has 26 heavy (non-hydrogen) atoms. The molecule has 0 aromatic heterocycles. The van der Waals surface area contributed by atoms with Crippen LogP contribution in [0.5, 0.6) is 0 Å². The second-order valence-corrected chi connectivity index (χ2v) is 6.47. The Morgan fingerprint density at radius 1 is 1.31 bits per heavy atom. The van der Waals surface area contributed by atoms with Crippen LogP contribution in [0, 0.1) is 0 Å². The topological polar surface area (TPSA) is 99.2 Å². The zero-order chi connectivity index (χ0) is 19.5. The molecule has 1 fully saturated rings. The maximum absolute atomic E-state index is 12.4. The van der Waals surface area contributed by atoms with Crippen LogP contribution >= 0.6 is 0 Å². The minimum Gasteiger partial charge on any atom is -0.465 e. The molecular weight excluding hydrogens is 338 g/mol. The van der Waals surface area contributed by atoms with E-state index in [1.165, 1.54) is 25.9 Å². The van der Waals surface area contributed by atoms with Crippen LogP contribution in [-0.4, -0.2) is 71.3 Å². The average Bonchev–Trinajstić information content (AvgIpc) is 2.62. The number of likely N-dealkylation sites (N-methyl/N-ethyl adjacent to an activating group) is 2. The molecule has 0 spiro atoms. The van der Waals surface area contributed by atoms with E-state index in [9.17, 15) is 19.5 Å². The van der Waals surface area contributed by atoms with Gasteiger partial charge in [0, 0.05) is 14.1 Å². The molecular formula is C18H25N3O5. The summed E-state index contributed by atoms with van der Waals surface area (Å²) in [6, 6.07) is 7.89. The molecule has 8 nitrogen and oxygen atoms in total. The van der Waals surface area contributed by atoms with E-state index < -0.39 is 35.7 Å². The van der Waals surface area contributed by atoms with E-state index in [4.69, 9.17) is 4.74 Å². The normalized spacial score (nSPS) is 24.6. The number of aliphatic hydroxyl groups is 1. The van der Waals surface area contributed by atoms with E-state index in [-0.39, 0.29) is 13.0 Å². The standard InChI is InChI=1S/C18H25N3O5/c1-5-26-14(22)13(11-12-9-7-6-8-10-12)19-15-18(2,25)16(23)21(4)17(24)20(15)3/h6-10,13,15,19,25H,5,11H2,1-4H3/t13-,15-,18+/m0/s1. The van der Waals surface area contributed by atoms with Crippen molar-refractivity contribution in [3.63, 3.8) is 0 Å². The molecule has 1 aliphatic rings. The summed E-state index contributed by atoms with van der Waals surface area (Å²) in [5, 5.41) is 13.6. The Kier molecular flexibility index (Phi) is 5.99. The van der Waals surface area contributed by atoms with Crippen molar-refractivity contribution in [3.05, 3.63) is 35.9 Å². The number of nitrogens with one attached hydrogen (secondary N) is 1. The molecule has 1 aromatic rings. The predicted octanol–water partition coefficient (Wildman–Crippen LogP) is 0.351. The molecule has 3 amide bonds. The zero-order valence-corrected chi connectivity index (χ0v) is 15.4. The van der Waals surface area contributed by atoms with Gasteiger partial charge in [-0.05, 0) is 25.8 Å². The van der Waals surface area contributed by atoms with Crippen LogP contribution in [0.3, 0.4) is 0 Å². The monoisotopic (exact) mass is 363 g/mol. The third-order valence-electron chi connectivity index (χ3n) is 4.46. The Morgan fingerprint density at radius 2 is 1.92 bits per heavy atom. The second kappa shape index (κ2) is 7.84. The van der Waals surface area contributed by atoms with Crippen LogP contribution in [0.15, 0.2) is 30.3 Å². The fourth-order valence-electron chi connectivity index (χ4n) is 3.04. The summed E-state index contributed by atoms with van der Waals surface area (Å²) in [5.41, 5.74) is -1.01. The predicted molar refractivity (Wildman–Crippen MR) is 94.0 cm³/mol. The molecule has 142 valence electrons. The lowest BCUT2D eigenvalue weighted by molar-refractivity contribution is -0.162. The van der Waals surface area contributed by atoms with Gasteiger partial charge in [-0.1, -0.05) is 30.3 Å². The molecule has 1 aromatic carbocycles. The number of amides is 3. The summed E-state index contributed by atoms with van der Waals surface area (Å²) in [6.45, 7) is 3.21. The third-order valence-corrected chi connectivity index (χ3v) is 4.46. The number of hydrogen-bond donors (Lipinski definition) is 2. The molecule has 1 heterocycles. The third kappa shape index (κ3) is 3.86. The van der Waals surface area contributed by atoms with Crippen LogP contribution in [-0.2, 0) is 20.7 Å². The van der Waals surface area contributed by atoms with Gasteiger partial charge >= 0.3 is 12.0 Å². The number of carbonyl (C=O) groups is 3. The first kappa shape index (κ1) is 19.9. The smallest absolute Gasteiger partial charge is 0.327 e. The summed E-state index contributed by atoms with van der Waals surface area (Å²) in [4.78, 5) is 39.0. The van der Waals surface area contributed by atoms with Crippen LogP contribution in [0.2, 0.25) is 0 Å². The fraction of sp³-hybridized carbons (Fsp3) is 0.500. The number of urea groups is 1. The quantitative estimate of drug-likeness (QED) is 0.708. The first-order valence-corrected chi connectivity index (χ1v) is 8.44. The van der Waals surface area contributed by atoms with Crippen molar-refractivity contribution in [2.75, 3.05) is 20.7 Å². The molecule has 2 N–H and O–H groups in total. The minimum atomic E-state index is -1.89. The van der Waals surface area contributed by atoms with Gasteiger partial charge in [-0.15, -0.1) is 0 Å². The van der Waals surface area contributed by atoms with Crippen molar-refractivity contribution in [2.24, 2.45) is 0 Å². The minimum absolute atomic E-state index is 0.198. The van der Waals surface area contributed by atoms with Crippen LogP contribution in [0.25, 0.3) is 0 Å². The van der Waals surface area contributed by atoms with Crippen molar-refractivity contribution < 1.29 is 24.2 Å². The first-order valence-electron chi connectivity index (χ1n) is 8.44. The van der Waals surface area contributed by atoms with Gasteiger partial charge in [0.1, 0.15) is 12.2 Å². The van der Waals surface area contributed by atoms with Gasteiger partial charge in [0.05, 0.1) is 6.61 Å². The largest absolute Gasteiger partial charge is 0.465 e. The Labute approximate surface area is 152 Å². The van der Waals surface area contributed by atoms with Crippen LogP contribution < -0.4 is 5.32 Å². The lowest BCUT2D eigenvalue weighted by atomic mass is 9.95.